The van der Waals surface area contributed by atoms with Crippen molar-refractivity contribution >= 4 is 33.9 Å². The smallest absolute Gasteiger partial charge is 0.269 e. The van der Waals surface area contributed by atoms with Crippen LogP contribution in [-0.4, -0.2) is 17.4 Å². The molecule has 0 radical (unpaired) electrons. The maximum Gasteiger partial charge on any atom is 0.269 e. The Kier molecular flexibility index (Phi) is 4.74. The van der Waals surface area contributed by atoms with E-state index in [-0.39, 0.29) is 16.4 Å². The Hall–Kier alpha value is -2.15. The first-order valence-corrected chi connectivity index (χ1v) is 7.40. The van der Waals surface area contributed by atoms with Crippen LogP contribution < -0.4 is 16.4 Å². The van der Waals surface area contributed by atoms with E-state index in [9.17, 15) is 9.18 Å². The number of carbonyl (C=O) groups excluding carboxylic acids is 1. The molecule has 1 aromatic carbocycles. The van der Waals surface area contributed by atoms with Gasteiger partial charge in [-0.1, -0.05) is 24.3 Å². The molecular formula is C14H17FN4OS. The summed E-state index contributed by atoms with van der Waals surface area (Å²) in [6.45, 7) is 4.60. The van der Waals surface area contributed by atoms with Crippen LogP contribution in [-0.2, 0) is 0 Å². The molecule has 7 heteroatoms. The van der Waals surface area contributed by atoms with Gasteiger partial charge >= 0.3 is 0 Å². The van der Waals surface area contributed by atoms with E-state index in [0.29, 0.717) is 5.13 Å². The number of hydrogen-bond acceptors (Lipinski definition) is 5. The minimum Gasteiger partial charge on any atom is -0.382 e. The highest BCUT2D eigenvalue weighted by Crippen LogP contribution is 2.26. The number of thiazole rings is 1. The van der Waals surface area contributed by atoms with Gasteiger partial charge in [-0.05, 0) is 31.0 Å². The molecular weight excluding hydrogens is 291 g/mol. The lowest BCUT2D eigenvalue weighted by Crippen LogP contribution is -2.13. The summed E-state index contributed by atoms with van der Waals surface area (Å²) in [5, 5.41) is 6.18. The molecule has 21 heavy (non-hydrogen) atoms. The molecule has 2 rings (SSSR count). The number of aryl methyl sites for hydroxylation is 1. The normalized spacial score (nSPS) is 10.4. The Morgan fingerprint density at radius 1 is 1.48 bits per heavy atom. The van der Waals surface area contributed by atoms with Crippen molar-refractivity contribution in [2.45, 2.75) is 20.3 Å². The van der Waals surface area contributed by atoms with Gasteiger partial charge in [-0.15, -0.1) is 0 Å². The molecule has 0 spiro atoms. The van der Waals surface area contributed by atoms with Crippen LogP contribution in [0.5, 0.6) is 0 Å². The van der Waals surface area contributed by atoms with Gasteiger partial charge in [0.2, 0.25) is 0 Å². The van der Waals surface area contributed by atoms with Crippen LogP contribution in [0.15, 0.2) is 18.2 Å². The average Bonchev–Trinajstić information content (AvgIpc) is 2.82. The number of amides is 1. The zero-order valence-electron chi connectivity index (χ0n) is 11.9. The molecule has 4 N–H and O–H groups in total. The molecule has 0 bridgehead atoms. The first-order chi connectivity index (χ1) is 10.0. The third-order valence-corrected chi connectivity index (χ3v) is 3.78. The molecule has 0 unspecified atom stereocenters. The van der Waals surface area contributed by atoms with Gasteiger partial charge in [-0.25, -0.2) is 9.37 Å². The fourth-order valence-electron chi connectivity index (χ4n) is 1.72. The Labute approximate surface area is 126 Å². The number of nitrogens with one attached hydrogen (secondary N) is 2. The van der Waals surface area contributed by atoms with Crippen molar-refractivity contribution in [3.05, 3.63) is 34.5 Å². The summed E-state index contributed by atoms with van der Waals surface area (Å²) in [6, 6.07) is 4.52. The Morgan fingerprint density at radius 2 is 2.24 bits per heavy atom. The van der Waals surface area contributed by atoms with E-state index in [1.807, 2.05) is 13.8 Å². The van der Waals surface area contributed by atoms with Crippen LogP contribution in [0.4, 0.5) is 21.0 Å². The SMILES string of the molecule is CCCNc1nc(N)c(C(=O)Nc2cc(C)ccc2F)s1. The fourth-order valence-corrected chi connectivity index (χ4v) is 2.52. The second kappa shape index (κ2) is 6.53. The number of benzene rings is 1. The van der Waals surface area contributed by atoms with Crippen LogP contribution in [0.1, 0.15) is 28.6 Å². The fraction of sp³-hybridized carbons (Fsp3) is 0.286. The van der Waals surface area contributed by atoms with Crippen LogP contribution in [0.25, 0.3) is 0 Å². The van der Waals surface area contributed by atoms with E-state index in [0.717, 1.165) is 29.9 Å². The van der Waals surface area contributed by atoms with Gasteiger partial charge in [0.25, 0.3) is 5.91 Å². The van der Waals surface area contributed by atoms with Crippen LogP contribution in [0.2, 0.25) is 0 Å². The summed E-state index contributed by atoms with van der Waals surface area (Å²) >= 11 is 1.16. The van der Waals surface area contributed by atoms with E-state index in [1.54, 1.807) is 12.1 Å². The zero-order chi connectivity index (χ0) is 15.4. The highest BCUT2D eigenvalue weighted by molar-refractivity contribution is 7.18. The molecule has 0 aliphatic carbocycles. The van der Waals surface area contributed by atoms with E-state index in [1.165, 1.54) is 6.07 Å². The Morgan fingerprint density at radius 3 is 2.95 bits per heavy atom. The number of carbonyl (C=O) groups is 1. The predicted molar refractivity (Wildman–Crippen MR) is 84.4 cm³/mol. The topological polar surface area (TPSA) is 80.0 Å². The van der Waals surface area contributed by atoms with Gasteiger partial charge in [-0.3, -0.25) is 4.79 Å². The quantitative estimate of drug-likeness (QED) is 0.792. The summed E-state index contributed by atoms with van der Waals surface area (Å²) in [4.78, 5) is 16.5. The maximum absolute atomic E-state index is 13.6. The van der Waals surface area contributed by atoms with Gasteiger partial charge in [0.05, 0.1) is 5.69 Å². The first kappa shape index (κ1) is 15.2. The second-order valence-electron chi connectivity index (χ2n) is 4.60. The van der Waals surface area contributed by atoms with Crippen molar-refractivity contribution < 1.29 is 9.18 Å². The van der Waals surface area contributed by atoms with Crippen molar-refractivity contribution in [3.63, 3.8) is 0 Å². The highest BCUT2D eigenvalue weighted by Gasteiger charge is 2.17. The van der Waals surface area contributed by atoms with Gasteiger partial charge < -0.3 is 16.4 Å². The molecule has 1 heterocycles. The van der Waals surface area contributed by atoms with E-state index >= 15 is 0 Å². The number of hydrogen-bond donors (Lipinski definition) is 3. The summed E-state index contributed by atoms with van der Waals surface area (Å²) in [5.74, 6) is -0.801. The summed E-state index contributed by atoms with van der Waals surface area (Å²) in [6.07, 6.45) is 0.940. The molecule has 1 aromatic heterocycles. The minimum atomic E-state index is -0.485. The van der Waals surface area contributed by atoms with E-state index < -0.39 is 11.7 Å². The molecule has 0 fully saturated rings. The molecule has 0 saturated carbocycles. The number of halogens is 1. The molecule has 0 atom stereocenters. The second-order valence-corrected chi connectivity index (χ2v) is 5.60. The van der Waals surface area contributed by atoms with Crippen molar-refractivity contribution in [3.8, 4) is 0 Å². The molecule has 112 valence electrons. The predicted octanol–water partition coefficient (Wildman–Crippen LogP) is 3.25. The molecule has 0 aliphatic heterocycles. The number of nitrogens with two attached hydrogens (primary N) is 1. The van der Waals surface area contributed by atoms with Crippen LogP contribution >= 0.6 is 11.3 Å². The third-order valence-electron chi connectivity index (χ3n) is 2.76. The lowest BCUT2D eigenvalue weighted by molar-refractivity contribution is 0.103. The molecule has 0 saturated heterocycles. The molecule has 2 aromatic rings. The summed E-state index contributed by atoms with van der Waals surface area (Å²) in [5.41, 5.74) is 6.73. The van der Waals surface area contributed by atoms with E-state index in [2.05, 4.69) is 15.6 Å². The van der Waals surface area contributed by atoms with Gasteiger partial charge in [0.1, 0.15) is 16.5 Å². The van der Waals surface area contributed by atoms with Crippen LogP contribution in [0.3, 0.4) is 0 Å². The Balaban J connectivity index is 2.16. The maximum atomic E-state index is 13.6. The van der Waals surface area contributed by atoms with Gasteiger partial charge in [0.15, 0.2) is 5.13 Å². The molecule has 1 amide bonds. The number of anilines is 3. The highest BCUT2D eigenvalue weighted by atomic mass is 32.1. The van der Waals surface area contributed by atoms with Crippen molar-refractivity contribution in [2.24, 2.45) is 0 Å². The minimum absolute atomic E-state index is 0.135. The van der Waals surface area contributed by atoms with E-state index in [4.69, 9.17) is 5.73 Å². The lowest BCUT2D eigenvalue weighted by atomic mass is 10.2. The summed E-state index contributed by atoms with van der Waals surface area (Å²) in [7, 11) is 0. The standard InChI is InChI=1S/C14H17FN4OS/c1-3-6-17-14-19-12(16)11(21-14)13(20)18-10-7-8(2)4-5-9(10)15/h4-5,7H,3,6,16H2,1-2H3,(H,17,19)(H,18,20). The lowest BCUT2D eigenvalue weighted by Gasteiger charge is -2.06. The van der Waals surface area contributed by atoms with Crippen molar-refractivity contribution in [1.29, 1.82) is 0 Å². The first-order valence-electron chi connectivity index (χ1n) is 6.59. The van der Waals surface area contributed by atoms with Gasteiger partial charge in [0, 0.05) is 6.54 Å². The number of rotatable bonds is 5. The number of aromatic nitrogens is 1. The average molecular weight is 308 g/mol. The summed E-state index contributed by atoms with van der Waals surface area (Å²) < 4.78 is 13.6. The van der Waals surface area contributed by atoms with Gasteiger partial charge in [-0.2, -0.15) is 0 Å². The molecule has 0 aliphatic rings. The van der Waals surface area contributed by atoms with Crippen LogP contribution in [0, 0.1) is 12.7 Å². The van der Waals surface area contributed by atoms with Crippen molar-refractivity contribution in [1.82, 2.24) is 4.98 Å². The monoisotopic (exact) mass is 308 g/mol. The largest absolute Gasteiger partial charge is 0.382 e. The Bertz CT molecular complexity index is 656. The number of nitrogens with zero attached hydrogens (tertiary/aromatic N) is 1. The van der Waals surface area contributed by atoms with Crippen molar-refractivity contribution in [2.75, 3.05) is 22.9 Å². The number of nitrogen functional groups attached to an aromatic ring is 1. The third kappa shape index (κ3) is 3.69. The zero-order valence-corrected chi connectivity index (χ0v) is 12.7. The molecule has 5 nitrogen and oxygen atoms in total.